The average Bonchev–Trinajstić information content (AvgIpc) is 2.79. The number of nitrogens with zero attached hydrogens (tertiary/aromatic N) is 4. The SMILES string of the molecule is CN(C)/C=C\c1c(N(C)C2CC3(C2)CN(CCCc2cc(=N)n(C=N)cc2F)C3)ccc(Cl)c1C=O. The fourth-order valence-corrected chi connectivity index (χ4v) is 5.74. The van der Waals surface area contributed by atoms with Crippen LogP contribution in [0.1, 0.15) is 40.7 Å². The first-order valence-corrected chi connectivity index (χ1v) is 12.6. The summed E-state index contributed by atoms with van der Waals surface area (Å²) in [6, 6.07) is 5.72. The highest BCUT2D eigenvalue weighted by atomic mass is 35.5. The summed E-state index contributed by atoms with van der Waals surface area (Å²) in [5, 5.41) is 15.5. The molecule has 7 nitrogen and oxygen atoms in total. The van der Waals surface area contributed by atoms with Crippen molar-refractivity contribution in [1.82, 2.24) is 14.4 Å². The Labute approximate surface area is 216 Å². The number of anilines is 1. The van der Waals surface area contributed by atoms with E-state index >= 15 is 0 Å². The predicted molar refractivity (Wildman–Crippen MR) is 143 cm³/mol. The Balaban J connectivity index is 1.31. The van der Waals surface area contributed by atoms with Crippen molar-refractivity contribution in [3.63, 3.8) is 0 Å². The molecule has 1 spiro atoms. The maximum absolute atomic E-state index is 14.2. The molecule has 36 heavy (non-hydrogen) atoms. The van der Waals surface area contributed by atoms with E-state index in [1.54, 1.807) is 6.07 Å². The molecule has 2 heterocycles. The molecular weight excluding hydrogens is 479 g/mol. The number of hydrogen-bond acceptors (Lipinski definition) is 6. The minimum Gasteiger partial charge on any atom is -0.383 e. The van der Waals surface area contributed by atoms with Gasteiger partial charge in [-0.05, 0) is 73.7 Å². The van der Waals surface area contributed by atoms with Crippen LogP contribution in [0.25, 0.3) is 6.08 Å². The molecule has 1 aliphatic heterocycles. The van der Waals surface area contributed by atoms with Crippen LogP contribution in [-0.2, 0) is 6.42 Å². The lowest BCUT2D eigenvalue weighted by Crippen LogP contribution is -2.66. The van der Waals surface area contributed by atoms with Crippen molar-refractivity contribution in [2.24, 2.45) is 5.41 Å². The van der Waals surface area contributed by atoms with Crippen molar-refractivity contribution in [2.75, 3.05) is 45.7 Å². The molecular formula is C27H34ClFN6O. The molecule has 1 aliphatic carbocycles. The van der Waals surface area contributed by atoms with E-state index in [4.69, 9.17) is 22.4 Å². The molecule has 0 bridgehead atoms. The molecule has 1 saturated heterocycles. The minimum atomic E-state index is -0.362. The first kappa shape index (κ1) is 26.1. The normalized spacial score (nSPS) is 17.1. The van der Waals surface area contributed by atoms with Crippen LogP contribution in [0, 0.1) is 22.1 Å². The van der Waals surface area contributed by atoms with Gasteiger partial charge in [0.25, 0.3) is 0 Å². The fourth-order valence-electron chi connectivity index (χ4n) is 5.53. The molecule has 192 valence electrons. The summed E-state index contributed by atoms with van der Waals surface area (Å²) in [6.45, 7) is 3.02. The number of pyridine rings is 1. The van der Waals surface area contributed by atoms with Crippen LogP contribution in [0.2, 0.25) is 5.02 Å². The summed E-state index contributed by atoms with van der Waals surface area (Å²) < 4.78 is 15.4. The molecule has 0 atom stereocenters. The number of hydrogen-bond donors (Lipinski definition) is 2. The zero-order chi connectivity index (χ0) is 26.0. The molecule has 2 N–H and O–H groups in total. The lowest BCUT2D eigenvalue weighted by molar-refractivity contribution is -0.0715. The Morgan fingerprint density at radius 2 is 1.94 bits per heavy atom. The van der Waals surface area contributed by atoms with E-state index in [2.05, 4.69) is 16.8 Å². The summed E-state index contributed by atoms with van der Waals surface area (Å²) in [5.41, 5.74) is 3.38. The van der Waals surface area contributed by atoms with Gasteiger partial charge < -0.3 is 14.7 Å². The number of likely N-dealkylation sites (tertiary alicyclic amines) is 1. The van der Waals surface area contributed by atoms with Gasteiger partial charge in [-0.1, -0.05) is 11.6 Å². The van der Waals surface area contributed by atoms with E-state index in [9.17, 15) is 9.18 Å². The maximum atomic E-state index is 14.2. The Morgan fingerprint density at radius 1 is 1.22 bits per heavy atom. The number of carbonyl (C=O) groups excluding carboxylic acids is 1. The van der Waals surface area contributed by atoms with Crippen LogP contribution in [0.3, 0.4) is 0 Å². The van der Waals surface area contributed by atoms with Gasteiger partial charge in [-0.15, -0.1) is 0 Å². The van der Waals surface area contributed by atoms with E-state index < -0.39 is 0 Å². The number of aromatic nitrogens is 1. The van der Waals surface area contributed by atoms with E-state index in [-0.39, 0.29) is 11.3 Å². The molecule has 0 unspecified atom stereocenters. The highest BCUT2D eigenvalue weighted by molar-refractivity contribution is 6.33. The van der Waals surface area contributed by atoms with Gasteiger partial charge in [0.15, 0.2) is 6.29 Å². The number of aldehydes is 1. The minimum absolute atomic E-state index is 0.121. The van der Waals surface area contributed by atoms with Gasteiger partial charge in [-0.2, -0.15) is 0 Å². The number of halogens is 2. The van der Waals surface area contributed by atoms with Gasteiger partial charge in [0.05, 0.1) is 11.4 Å². The number of rotatable bonds is 10. The van der Waals surface area contributed by atoms with Crippen molar-refractivity contribution in [3.05, 3.63) is 63.6 Å². The Bertz CT molecular complexity index is 1230. The number of aryl methyl sites for hydroxylation is 1. The van der Waals surface area contributed by atoms with E-state index in [1.807, 2.05) is 37.3 Å². The highest BCUT2D eigenvalue weighted by Crippen LogP contribution is 2.51. The fraction of sp³-hybridized carbons (Fsp3) is 0.444. The Morgan fingerprint density at radius 3 is 2.58 bits per heavy atom. The summed E-state index contributed by atoms with van der Waals surface area (Å²) in [7, 11) is 5.98. The lowest BCUT2D eigenvalue weighted by atomic mass is 9.60. The molecule has 4 rings (SSSR count). The van der Waals surface area contributed by atoms with Crippen LogP contribution >= 0.6 is 11.6 Å². The van der Waals surface area contributed by atoms with Gasteiger partial charge in [0.1, 0.15) is 11.3 Å². The molecule has 1 aromatic carbocycles. The monoisotopic (exact) mass is 512 g/mol. The van der Waals surface area contributed by atoms with Gasteiger partial charge in [-0.25, -0.2) is 4.39 Å². The average molecular weight is 513 g/mol. The zero-order valence-corrected chi connectivity index (χ0v) is 21.9. The second-order valence-electron chi connectivity index (χ2n) is 10.3. The largest absolute Gasteiger partial charge is 0.383 e. The molecule has 1 aromatic heterocycles. The predicted octanol–water partition coefficient (Wildman–Crippen LogP) is 4.09. The zero-order valence-electron chi connectivity index (χ0n) is 21.1. The van der Waals surface area contributed by atoms with Gasteiger partial charge >= 0.3 is 0 Å². The third kappa shape index (κ3) is 5.25. The van der Waals surface area contributed by atoms with Gasteiger partial charge in [0, 0.05) is 63.3 Å². The number of carbonyl (C=O) groups is 1. The van der Waals surface area contributed by atoms with Crippen LogP contribution in [0.4, 0.5) is 10.1 Å². The number of benzene rings is 1. The first-order valence-electron chi connectivity index (χ1n) is 12.2. The second-order valence-corrected chi connectivity index (χ2v) is 10.8. The van der Waals surface area contributed by atoms with Crippen LogP contribution in [0.15, 0.2) is 30.6 Å². The molecule has 2 aromatic rings. The molecule has 2 aliphatic rings. The summed E-state index contributed by atoms with van der Waals surface area (Å²) in [5.74, 6) is -0.362. The summed E-state index contributed by atoms with van der Waals surface area (Å²) in [6.07, 6.45) is 10.5. The lowest BCUT2D eigenvalue weighted by Gasteiger charge is -2.61. The number of nitrogens with one attached hydrogen (secondary N) is 2. The third-order valence-corrected chi connectivity index (χ3v) is 7.79. The van der Waals surface area contributed by atoms with E-state index in [0.717, 1.165) is 67.3 Å². The maximum Gasteiger partial charge on any atom is 0.152 e. The van der Waals surface area contributed by atoms with Crippen molar-refractivity contribution >= 4 is 36.0 Å². The molecule has 9 heteroatoms. The molecule has 2 fully saturated rings. The smallest absolute Gasteiger partial charge is 0.152 e. The second kappa shape index (κ2) is 10.6. The first-order chi connectivity index (χ1) is 17.2. The quantitative estimate of drug-likeness (QED) is 0.285. The third-order valence-electron chi connectivity index (χ3n) is 7.46. The summed E-state index contributed by atoms with van der Waals surface area (Å²) in [4.78, 5) is 18.4. The van der Waals surface area contributed by atoms with E-state index in [0.29, 0.717) is 34.0 Å². The van der Waals surface area contributed by atoms with Crippen molar-refractivity contribution < 1.29 is 9.18 Å². The molecule has 1 saturated carbocycles. The van der Waals surface area contributed by atoms with Crippen LogP contribution < -0.4 is 10.4 Å². The van der Waals surface area contributed by atoms with Crippen LogP contribution in [-0.4, -0.2) is 73.8 Å². The van der Waals surface area contributed by atoms with Gasteiger partial charge in [0.2, 0.25) is 0 Å². The van der Waals surface area contributed by atoms with Crippen molar-refractivity contribution in [3.8, 4) is 0 Å². The highest BCUT2D eigenvalue weighted by Gasteiger charge is 2.53. The Kier molecular flexibility index (Phi) is 7.66. The van der Waals surface area contributed by atoms with Gasteiger partial charge in [-0.3, -0.25) is 20.2 Å². The van der Waals surface area contributed by atoms with Crippen molar-refractivity contribution in [2.45, 2.75) is 31.7 Å². The van der Waals surface area contributed by atoms with Crippen molar-refractivity contribution in [1.29, 1.82) is 10.8 Å². The topological polar surface area (TPSA) is 79.4 Å². The molecule has 0 amide bonds. The van der Waals surface area contributed by atoms with E-state index in [1.165, 1.54) is 12.3 Å². The molecule has 0 radical (unpaired) electrons. The summed E-state index contributed by atoms with van der Waals surface area (Å²) >= 11 is 6.31. The standard InChI is InChI=1S/C27H34ClFN6O/c1-32(2)10-8-21-22(15-36)23(28)6-7-25(21)33(3)20-12-27(13-20)16-34(17-27)9-4-5-19-11-26(31)35(18-30)14-24(19)29/h6-8,10-11,14-15,18,20,30-31H,4-5,9,12-13,16-17H2,1-3H3/b10-8-,30-18?,31-26?. The van der Waals surface area contributed by atoms with Crippen LogP contribution in [0.5, 0.6) is 0 Å². The Hall–Kier alpha value is -2.97.